The van der Waals surface area contributed by atoms with Gasteiger partial charge < -0.3 is 11.1 Å². The second kappa shape index (κ2) is 6.29. The van der Waals surface area contributed by atoms with Gasteiger partial charge in [-0.2, -0.15) is 8.42 Å². The summed E-state index contributed by atoms with van der Waals surface area (Å²) in [6.45, 7) is 0. The number of benzene rings is 3. The van der Waals surface area contributed by atoms with Crippen molar-refractivity contribution in [2.24, 2.45) is 0 Å². The highest BCUT2D eigenvalue weighted by Crippen LogP contribution is 2.37. The molecule has 0 aliphatic heterocycles. The number of para-hydroxylation sites is 1. The van der Waals surface area contributed by atoms with Crippen molar-refractivity contribution in [2.45, 2.75) is 4.90 Å². The molecule has 0 fully saturated rings. The number of rotatable bonds is 3. The van der Waals surface area contributed by atoms with Crippen LogP contribution in [0.15, 0.2) is 65.6 Å². The quantitative estimate of drug-likeness (QED) is 0.360. The van der Waals surface area contributed by atoms with E-state index in [0.29, 0.717) is 0 Å². The van der Waals surface area contributed by atoms with E-state index in [1.54, 1.807) is 30.3 Å². The fraction of sp³-hybridized carbons (Fsp3) is 0. The van der Waals surface area contributed by atoms with Crippen LogP contribution in [0.1, 0.15) is 31.8 Å². The lowest BCUT2D eigenvalue weighted by Gasteiger charge is -2.22. The van der Waals surface area contributed by atoms with Crippen LogP contribution in [0, 0.1) is 0 Å². The Bertz CT molecular complexity index is 1270. The third-order valence-electron chi connectivity index (χ3n) is 4.54. The zero-order chi connectivity index (χ0) is 20.1. The largest absolute Gasteiger partial charge is 0.398 e. The van der Waals surface area contributed by atoms with E-state index >= 15 is 0 Å². The lowest BCUT2D eigenvalue weighted by Crippen LogP contribution is -2.23. The predicted octanol–water partition coefficient (Wildman–Crippen LogP) is 3.03. The maximum Gasteiger partial charge on any atom is 0.296 e. The zero-order valence-corrected chi connectivity index (χ0v) is 15.2. The minimum atomic E-state index is -4.50. The molecule has 0 unspecified atom stereocenters. The van der Waals surface area contributed by atoms with E-state index in [4.69, 9.17) is 5.73 Å². The van der Waals surface area contributed by atoms with Gasteiger partial charge in [-0.25, -0.2) is 0 Å². The van der Waals surface area contributed by atoms with Crippen LogP contribution < -0.4 is 11.1 Å². The van der Waals surface area contributed by atoms with Crippen molar-refractivity contribution >= 4 is 38.7 Å². The molecule has 140 valence electrons. The summed E-state index contributed by atoms with van der Waals surface area (Å²) >= 11 is 0. The molecule has 0 amide bonds. The number of ketones is 2. The first-order valence-corrected chi connectivity index (χ1v) is 9.67. The van der Waals surface area contributed by atoms with Crippen LogP contribution in [0.5, 0.6) is 0 Å². The van der Waals surface area contributed by atoms with Crippen molar-refractivity contribution < 1.29 is 22.6 Å². The minimum Gasteiger partial charge on any atom is -0.398 e. The molecule has 8 heteroatoms. The summed E-state index contributed by atoms with van der Waals surface area (Å²) in [5.74, 6) is -0.779. The number of nitrogen functional groups attached to an aromatic ring is 1. The van der Waals surface area contributed by atoms with Crippen molar-refractivity contribution in [1.82, 2.24) is 0 Å². The summed E-state index contributed by atoms with van der Waals surface area (Å²) < 4.78 is 32.7. The molecule has 0 bridgehead atoms. The second-order valence-electron chi connectivity index (χ2n) is 6.25. The summed E-state index contributed by atoms with van der Waals surface area (Å²) in [5, 5.41) is 2.85. The third-order valence-corrected chi connectivity index (χ3v) is 5.45. The number of nitrogens with two attached hydrogens (primary N) is 1. The highest BCUT2D eigenvalue weighted by molar-refractivity contribution is 7.86. The normalized spacial score (nSPS) is 13.0. The number of hydrogen-bond donors (Lipinski definition) is 3. The maximum absolute atomic E-state index is 13.1. The van der Waals surface area contributed by atoms with Crippen LogP contribution in [0.4, 0.5) is 17.1 Å². The Labute approximate surface area is 160 Å². The SMILES string of the molecule is Nc1ccc(Nc2ccccc2S(=O)(=O)O)c2c1C(=O)c1ccccc1C2=O. The van der Waals surface area contributed by atoms with Crippen LogP contribution in [0.25, 0.3) is 0 Å². The summed E-state index contributed by atoms with van der Waals surface area (Å²) in [7, 11) is -4.50. The Hall–Kier alpha value is -3.49. The first-order valence-electron chi connectivity index (χ1n) is 8.23. The molecule has 3 aromatic rings. The number of anilines is 3. The zero-order valence-electron chi connectivity index (χ0n) is 14.3. The van der Waals surface area contributed by atoms with Gasteiger partial charge in [0.2, 0.25) is 0 Å². The van der Waals surface area contributed by atoms with Crippen LogP contribution in [0.2, 0.25) is 0 Å². The monoisotopic (exact) mass is 394 g/mol. The smallest absolute Gasteiger partial charge is 0.296 e. The molecule has 1 aliphatic carbocycles. The van der Waals surface area contributed by atoms with Crippen molar-refractivity contribution in [3.63, 3.8) is 0 Å². The van der Waals surface area contributed by atoms with Gasteiger partial charge in [-0.05, 0) is 24.3 Å². The van der Waals surface area contributed by atoms with Gasteiger partial charge in [-0.3, -0.25) is 14.1 Å². The van der Waals surface area contributed by atoms with E-state index in [0.717, 1.165) is 0 Å². The molecule has 4 rings (SSSR count). The van der Waals surface area contributed by atoms with E-state index in [1.807, 2.05) is 0 Å². The fourth-order valence-corrected chi connectivity index (χ4v) is 3.94. The van der Waals surface area contributed by atoms with Crippen molar-refractivity contribution in [1.29, 1.82) is 0 Å². The molecular weight excluding hydrogens is 380 g/mol. The number of nitrogens with one attached hydrogen (secondary N) is 1. The molecule has 0 heterocycles. The Morgan fingerprint density at radius 1 is 0.750 bits per heavy atom. The first kappa shape index (κ1) is 17.9. The highest BCUT2D eigenvalue weighted by Gasteiger charge is 2.33. The molecule has 3 aromatic carbocycles. The Kier molecular flexibility index (Phi) is 4.02. The highest BCUT2D eigenvalue weighted by atomic mass is 32.2. The number of carbonyl (C=O) groups excluding carboxylic acids is 2. The average molecular weight is 394 g/mol. The molecule has 0 saturated heterocycles. The number of fused-ring (bicyclic) bond motifs is 2. The van der Waals surface area contributed by atoms with Crippen LogP contribution in [-0.4, -0.2) is 24.5 Å². The molecule has 7 nitrogen and oxygen atoms in total. The summed E-state index contributed by atoms with van der Waals surface area (Å²) in [5.41, 5.74) is 7.05. The predicted molar refractivity (Wildman–Crippen MR) is 104 cm³/mol. The van der Waals surface area contributed by atoms with Crippen molar-refractivity contribution in [3.8, 4) is 0 Å². The molecule has 4 N–H and O–H groups in total. The third kappa shape index (κ3) is 2.75. The first-order chi connectivity index (χ1) is 13.3. The molecule has 0 atom stereocenters. The average Bonchev–Trinajstić information content (AvgIpc) is 2.67. The summed E-state index contributed by atoms with van der Waals surface area (Å²) in [6, 6.07) is 15.1. The van der Waals surface area contributed by atoms with Gasteiger partial charge in [0, 0.05) is 16.8 Å². The number of hydrogen-bond acceptors (Lipinski definition) is 6. The van der Waals surface area contributed by atoms with E-state index in [1.165, 1.54) is 30.3 Å². The molecule has 28 heavy (non-hydrogen) atoms. The molecule has 0 spiro atoms. The van der Waals surface area contributed by atoms with E-state index in [2.05, 4.69) is 5.32 Å². The fourth-order valence-electron chi connectivity index (χ4n) is 3.29. The minimum absolute atomic E-state index is 0.0637. The van der Waals surface area contributed by atoms with E-state index in [-0.39, 0.29) is 50.0 Å². The van der Waals surface area contributed by atoms with Gasteiger partial charge in [0.25, 0.3) is 10.1 Å². The molecule has 0 saturated carbocycles. The Morgan fingerprint density at radius 3 is 1.96 bits per heavy atom. The maximum atomic E-state index is 13.1. The molecule has 0 aromatic heterocycles. The lowest BCUT2D eigenvalue weighted by molar-refractivity contribution is 0.0980. The second-order valence-corrected chi connectivity index (χ2v) is 7.64. The van der Waals surface area contributed by atoms with Crippen LogP contribution in [0.3, 0.4) is 0 Å². The summed E-state index contributed by atoms with van der Waals surface area (Å²) in [4.78, 5) is 25.6. The molecule has 0 radical (unpaired) electrons. The van der Waals surface area contributed by atoms with Gasteiger partial charge in [0.05, 0.1) is 22.5 Å². The van der Waals surface area contributed by atoms with Crippen LogP contribution >= 0.6 is 0 Å². The van der Waals surface area contributed by atoms with E-state index < -0.39 is 15.9 Å². The van der Waals surface area contributed by atoms with Crippen molar-refractivity contribution in [3.05, 3.63) is 82.9 Å². The van der Waals surface area contributed by atoms with Gasteiger partial charge in [-0.1, -0.05) is 36.4 Å². The number of carbonyl (C=O) groups is 2. The van der Waals surface area contributed by atoms with Gasteiger partial charge in [0.1, 0.15) is 4.90 Å². The Morgan fingerprint density at radius 2 is 1.32 bits per heavy atom. The van der Waals surface area contributed by atoms with E-state index in [9.17, 15) is 22.6 Å². The summed E-state index contributed by atoms with van der Waals surface area (Å²) in [6.07, 6.45) is 0. The van der Waals surface area contributed by atoms with Crippen LogP contribution in [-0.2, 0) is 10.1 Å². The Balaban J connectivity index is 1.92. The van der Waals surface area contributed by atoms with Crippen molar-refractivity contribution in [2.75, 3.05) is 11.1 Å². The molecular formula is C20H14N2O5S. The van der Waals surface area contributed by atoms with Gasteiger partial charge in [0.15, 0.2) is 11.6 Å². The van der Waals surface area contributed by atoms with Gasteiger partial charge in [-0.15, -0.1) is 0 Å². The topological polar surface area (TPSA) is 127 Å². The molecule has 1 aliphatic rings. The van der Waals surface area contributed by atoms with Gasteiger partial charge >= 0.3 is 0 Å². The lowest BCUT2D eigenvalue weighted by atomic mass is 9.82. The standard InChI is InChI=1S/C20H14N2O5S/c21-13-9-10-15(22-14-7-3-4-8-16(14)28(25,26)27)18-17(13)19(23)11-5-1-2-6-12(11)20(18)24/h1-10,22H,21H2,(H,25,26,27).